The zero-order valence-corrected chi connectivity index (χ0v) is 11.5. The molecule has 1 unspecified atom stereocenters. The number of aryl methyl sites for hydroxylation is 1. The Labute approximate surface area is 110 Å². The summed E-state index contributed by atoms with van der Waals surface area (Å²) in [5, 5.41) is 0. The highest BCUT2D eigenvalue weighted by molar-refractivity contribution is 9.09. The normalized spacial score (nSPS) is 21.1. The first-order valence-electron chi connectivity index (χ1n) is 6.06. The molecule has 0 bridgehead atoms. The molecule has 90 valence electrons. The second kappa shape index (κ2) is 4.33. The monoisotopic (exact) mass is 293 g/mol. The number of rotatable bonds is 1. The van der Waals surface area contributed by atoms with Gasteiger partial charge >= 0.3 is 0 Å². The van der Waals surface area contributed by atoms with Crippen LogP contribution in [0.3, 0.4) is 0 Å². The number of halogens is 1. The van der Waals surface area contributed by atoms with Gasteiger partial charge in [0.25, 0.3) is 0 Å². The van der Waals surface area contributed by atoms with Gasteiger partial charge in [-0.1, -0.05) is 28.1 Å². The number of imidazole rings is 1. The van der Waals surface area contributed by atoms with Gasteiger partial charge in [0.1, 0.15) is 0 Å². The van der Waals surface area contributed by atoms with Crippen LogP contribution >= 0.6 is 15.9 Å². The summed E-state index contributed by atoms with van der Waals surface area (Å²) in [6.07, 6.45) is 2.50. The maximum atomic E-state index is 4.74. The minimum absolute atomic E-state index is 0.594. The van der Waals surface area contributed by atoms with Gasteiger partial charge in [-0.15, -0.1) is 0 Å². The zero-order chi connectivity index (χ0) is 11.8. The second-order valence-electron chi connectivity index (χ2n) is 4.65. The van der Waals surface area contributed by atoms with E-state index in [4.69, 9.17) is 4.98 Å². The number of hydrogen-bond donors (Lipinski definition) is 0. The molecule has 1 aromatic heterocycles. The van der Waals surface area contributed by atoms with Crippen LogP contribution in [0.25, 0.3) is 11.0 Å². The van der Waals surface area contributed by atoms with E-state index in [1.165, 1.54) is 18.4 Å². The van der Waals surface area contributed by atoms with Gasteiger partial charge in [0.05, 0.1) is 11.0 Å². The minimum Gasteiger partial charge on any atom is -0.341 e. The molecule has 1 aliphatic heterocycles. The van der Waals surface area contributed by atoms with Crippen LogP contribution in [-0.2, 0) is 7.05 Å². The molecule has 2 heterocycles. The van der Waals surface area contributed by atoms with E-state index >= 15 is 0 Å². The fourth-order valence-corrected chi connectivity index (χ4v) is 3.20. The molecule has 0 spiro atoms. The molecular formula is C13H16BrN3. The van der Waals surface area contributed by atoms with Crippen molar-refractivity contribution < 1.29 is 0 Å². The highest BCUT2D eigenvalue weighted by atomic mass is 79.9. The highest BCUT2D eigenvalue weighted by Gasteiger charge is 2.21. The van der Waals surface area contributed by atoms with E-state index in [0.29, 0.717) is 4.83 Å². The lowest BCUT2D eigenvalue weighted by Gasteiger charge is -2.30. The Bertz CT molecular complexity index is 534. The summed E-state index contributed by atoms with van der Waals surface area (Å²) in [6.45, 7) is 2.16. The summed E-state index contributed by atoms with van der Waals surface area (Å²) in [4.78, 5) is 7.71. The van der Waals surface area contributed by atoms with Gasteiger partial charge in [-0.25, -0.2) is 4.98 Å². The number of hydrogen-bond acceptors (Lipinski definition) is 2. The van der Waals surface area contributed by atoms with Crippen molar-refractivity contribution in [2.75, 3.05) is 18.0 Å². The summed E-state index contributed by atoms with van der Waals surface area (Å²) in [6, 6.07) is 8.32. The Balaban J connectivity index is 2.02. The van der Waals surface area contributed by atoms with Gasteiger partial charge in [-0.2, -0.15) is 0 Å². The third-order valence-electron chi connectivity index (χ3n) is 3.41. The molecule has 1 aromatic carbocycles. The van der Waals surface area contributed by atoms with Crippen LogP contribution in [0.5, 0.6) is 0 Å². The molecule has 1 fully saturated rings. The van der Waals surface area contributed by atoms with Crippen LogP contribution in [-0.4, -0.2) is 27.5 Å². The molecule has 1 atom stereocenters. The lowest BCUT2D eigenvalue weighted by Crippen LogP contribution is -2.37. The molecule has 0 radical (unpaired) electrons. The van der Waals surface area contributed by atoms with Crippen molar-refractivity contribution >= 4 is 32.9 Å². The number of nitrogens with zero attached hydrogens (tertiary/aromatic N) is 3. The summed E-state index contributed by atoms with van der Waals surface area (Å²) in [5.41, 5.74) is 2.29. The van der Waals surface area contributed by atoms with Crippen molar-refractivity contribution in [3.8, 4) is 0 Å². The molecule has 1 aliphatic rings. The van der Waals surface area contributed by atoms with Crippen LogP contribution in [0.15, 0.2) is 24.3 Å². The van der Waals surface area contributed by atoms with Crippen molar-refractivity contribution in [1.29, 1.82) is 0 Å². The number of anilines is 1. The molecular weight excluding hydrogens is 278 g/mol. The van der Waals surface area contributed by atoms with Gasteiger partial charge in [0.15, 0.2) is 0 Å². The van der Waals surface area contributed by atoms with E-state index < -0.39 is 0 Å². The average Bonchev–Trinajstić information content (AvgIpc) is 2.68. The Morgan fingerprint density at radius 3 is 2.94 bits per heavy atom. The van der Waals surface area contributed by atoms with Crippen molar-refractivity contribution in [3.05, 3.63) is 24.3 Å². The van der Waals surface area contributed by atoms with E-state index in [1.807, 2.05) is 6.07 Å². The lowest BCUT2D eigenvalue weighted by molar-refractivity contribution is 0.580. The highest BCUT2D eigenvalue weighted by Crippen LogP contribution is 2.25. The fraction of sp³-hybridized carbons (Fsp3) is 0.462. The van der Waals surface area contributed by atoms with Crippen molar-refractivity contribution in [1.82, 2.24) is 9.55 Å². The zero-order valence-electron chi connectivity index (χ0n) is 9.93. The third kappa shape index (κ3) is 1.95. The molecule has 0 saturated carbocycles. The average molecular weight is 294 g/mol. The Kier molecular flexibility index (Phi) is 2.82. The molecule has 0 N–H and O–H groups in total. The fourth-order valence-electron chi connectivity index (χ4n) is 2.52. The molecule has 3 nitrogen and oxygen atoms in total. The van der Waals surface area contributed by atoms with E-state index in [9.17, 15) is 0 Å². The van der Waals surface area contributed by atoms with Gasteiger partial charge < -0.3 is 9.47 Å². The summed E-state index contributed by atoms with van der Waals surface area (Å²) in [7, 11) is 2.10. The van der Waals surface area contributed by atoms with Gasteiger partial charge in [-0.05, 0) is 25.0 Å². The summed E-state index contributed by atoms with van der Waals surface area (Å²) >= 11 is 3.72. The topological polar surface area (TPSA) is 21.1 Å². The van der Waals surface area contributed by atoms with Crippen molar-refractivity contribution in [3.63, 3.8) is 0 Å². The first kappa shape index (κ1) is 11.1. The Morgan fingerprint density at radius 2 is 2.18 bits per heavy atom. The largest absolute Gasteiger partial charge is 0.341 e. The quantitative estimate of drug-likeness (QED) is 0.754. The summed E-state index contributed by atoms with van der Waals surface area (Å²) in [5.74, 6) is 1.09. The third-order valence-corrected chi connectivity index (χ3v) is 4.16. The predicted octanol–water partition coefficient (Wildman–Crippen LogP) is 2.94. The van der Waals surface area contributed by atoms with Gasteiger partial charge in [-0.3, -0.25) is 0 Å². The molecule has 0 amide bonds. The van der Waals surface area contributed by atoms with Crippen LogP contribution < -0.4 is 4.90 Å². The summed E-state index contributed by atoms with van der Waals surface area (Å²) < 4.78 is 2.19. The first-order valence-corrected chi connectivity index (χ1v) is 6.98. The van der Waals surface area contributed by atoms with E-state index in [1.54, 1.807) is 0 Å². The number of aromatic nitrogens is 2. The molecule has 0 aliphatic carbocycles. The lowest BCUT2D eigenvalue weighted by atomic mass is 10.1. The molecule has 1 saturated heterocycles. The number of para-hydroxylation sites is 2. The molecule has 4 heteroatoms. The smallest absolute Gasteiger partial charge is 0.206 e. The van der Waals surface area contributed by atoms with Gasteiger partial charge in [0.2, 0.25) is 5.95 Å². The van der Waals surface area contributed by atoms with Gasteiger partial charge in [0, 0.05) is 25.0 Å². The first-order chi connectivity index (χ1) is 8.25. The van der Waals surface area contributed by atoms with Crippen LogP contribution in [0.4, 0.5) is 5.95 Å². The van der Waals surface area contributed by atoms with E-state index in [0.717, 1.165) is 24.6 Å². The SMILES string of the molecule is Cn1c(N2CCCC(Br)C2)nc2ccccc21. The predicted molar refractivity (Wildman–Crippen MR) is 74.9 cm³/mol. The van der Waals surface area contributed by atoms with E-state index in [-0.39, 0.29) is 0 Å². The second-order valence-corrected chi connectivity index (χ2v) is 5.94. The Hall–Kier alpha value is -1.03. The Morgan fingerprint density at radius 1 is 1.35 bits per heavy atom. The van der Waals surface area contributed by atoms with Crippen LogP contribution in [0, 0.1) is 0 Å². The maximum Gasteiger partial charge on any atom is 0.206 e. The number of piperidine rings is 1. The molecule has 2 aromatic rings. The molecule has 17 heavy (non-hydrogen) atoms. The maximum absolute atomic E-state index is 4.74. The molecule has 3 rings (SSSR count). The van der Waals surface area contributed by atoms with Crippen molar-refractivity contribution in [2.24, 2.45) is 7.05 Å². The van der Waals surface area contributed by atoms with Crippen molar-refractivity contribution in [2.45, 2.75) is 17.7 Å². The number of alkyl halides is 1. The number of benzene rings is 1. The number of fused-ring (bicyclic) bond motifs is 1. The minimum atomic E-state index is 0.594. The standard InChI is InChI=1S/C13H16BrN3/c1-16-12-7-3-2-6-11(12)15-13(16)17-8-4-5-10(14)9-17/h2-3,6-7,10H,4-5,8-9H2,1H3. The van der Waals surface area contributed by atoms with Crippen LogP contribution in [0.1, 0.15) is 12.8 Å². The van der Waals surface area contributed by atoms with Crippen LogP contribution in [0.2, 0.25) is 0 Å². The van der Waals surface area contributed by atoms with E-state index in [2.05, 4.69) is 50.6 Å².